The quantitative estimate of drug-likeness (QED) is 0.573. The fourth-order valence-electron chi connectivity index (χ4n) is 4.23. The second-order valence-corrected chi connectivity index (χ2v) is 7.86. The molecule has 0 atom stereocenters. The fraction of sp³-hybridized carbons (Fsp3) is 0.231. The molecule has 1 fully saturated rings. The van der Waals surface area contributed by atoms with Gasteiger partial charge in [-0.05, 0) is 54.7 Å². The van der Waals surface area contributed by atoms with Crippen LogP contribution < -0.4 is 15.0 Å². The molecule has 3 aromatic rings. The van der Waals surface area contributed by atoms with E-state index >= 15 is 0 Å². The van der Waals surface area contributed by atoms with Crippen molar-refractivity contribution in [2.45, 2.75) is 18.8 Å². The van der Waals surface area contributed by atoms with Gasteiger partial charge < -0.3 is 20.1 Å². The zero-order valence-electron chi connectivity index (χ0n) is 18.0. The molecule has 0 unspecified atom stereocenters. The van der Waals surface area contributed by atoms with Crippen molar-refractivity contribution in [1.29, 1.82) is 0 Å². The molecule has 2 N–H and O–H groups in total. The number of benzene rings is 3. The van der Waals surface area contributed by atoms with Crippen LogP contribution in [0.25, 0.3) is 0 Å². The highest BCUT2D eigenvalue weighted by Gasteiger charge is 2.23. The van der Waals surface area contributed by atoms with E-state index in [-0.39, 0.29) is 11.3 Å². The number of piperidine rings is 1. The summed E-state index contributed by atoms with van der Waals surface area (Å²) in [7, 11) is 1.49. The van der Waals surface area contributed by atoms with Crippen molar-refractivity contribution >= 4 is 23.3 Å². The number of methoxy groups -OCH3 is 1. The van der Waals surface area contributed by atoms with Crippen molar-refractivity contribution in [3.05, 3.63) is 89.5 Å². The van der Waals surface area contributed by atoms with Gasteiger partial charge >= 0.3 is 5.97 Å². The molecule has 0 aliphatic carbocycles. The van der Waals surface area contributed by atoms with Crippen LogP contribution in [0.4, 0.5) is 11.4 Å². The van der Waals surface area contributed by atoms with Crippen LogP contribution >= 0.6 is 0 Å². The molecule has 1 heterocycles. The summed E-state index contributed by atoms with van der Waals surface area (Å²) in [4.78, 5) is 26.9. The Hall–Kier alpha value is -3.80. The van der Waals surface area contributed by atoms with Gasteiger partial charge in [0.05, 0.1) is 23.9 Å². The number of carboxylic acids is 1. The first kappa shape index (κ1) is 21.4. The molecule has 6 nitrogen and oxygen atoms in total. The Balaban J connectivity index is 1.50. The third-order valence-electron chi connectivity index (χ3n) is 5.96. The number of carbonyl (C=O) groups excluding carboxylic acids is 1. The van der Waals surface area contributed by atoms with Gasteiger partial charge in [0.15, 0.2) is 0 Å². The molecule has 1 saturated heterocycles. The molecule has 1 amide bonds. The predicted octanol–water partition coefficient (Wildman–Crippen LogP) is 5.03. The van der Waals surface area contributed by atoms with Crippen LogP contribution in [0, 0.1) is 0 Å². The summed E-state index contributed by atoms with van der Waals surface area (Å²) in [5.41, 5.74) is 2.88. The summed E-state index contributed by atoms with van der Waals surface area (Å²) in [6.45, 7) is 1.71. The Morgan fingerprint density at radius 3 is 2.31 bits per heavy atom. The van der Waals surface area contributed by atoms with Gasteiger partial charge in [-0.3, -0.25) is 4.79 Å². The summed E-state index contributed by atoms with van der Waals surface area (Å²) < 4.78 is 5.24. The number of para-hydroxylation sites is 1. The van der Waals surface area contributed by atoms with Gasteiger partial charge in [-0.2, -0.15) is 0 Å². The smallest absolute Gasteiger partial charge is 0.337 e. The Morgan fingerprint density at radius 1 is 0.938 bits per heavy atom. The van der Waals surface area contributed by atoms with Gasteiger partial charge in [0.1, 0.15) is 5.75 Å². The number of amides is 1. The average Bonchev–Trinajstić information content (AvgIpc) is 2.84. The van der Waals surface area contributed by atoms with E-state index in [1.54, 1.807) is 36.4 Å². The van der Waals surface area contributed by atoms with Crippen LogP contribution in [-0.2, 0) is 0 Å². The number of nitrogens with zero attached hydrogens (tertiary/aromatic N) is 1. The second kappa shape index (κ2) is 9.56. The zero-order valence-corrected chi connectivity index (χ0v) is 18.0. The average molecular weight is 431 g/mol. The lowest BCUT2D eigenvalue weighted by atomic mass is 9.89. The normalized spacial score (nSPS) is 14.1. The molecular weight excluding hydrogens is 404 g/mol. The molecule has 6 heteroatoms. The first-order chi connectivity index (χ1) is 15.6. The number of nitrogens with one attached hydrogen (secondary N) is 1. The maximum absolute atomic E-state index is 12.7. The van der Waals surface area contributed by atoms with Crippen LogP contribution in [0.5, 0.6) is 5.75 Å². The highest BCUT2D eigenvalue weighted by Crippen LogP contribution is 2.32. The molecule has 0 bridgehead atoms. The first-order valence-corrected chi connectivity index (χ1v) is 10.7. The molecule has 0 saturated carbocycles. The van der Waals surface area contributed by atoms with Crippen LogP contribution in [0.3, 0.4) is 0 Å². The van der Waals surface area contributed by atoms with Crippen molar-refractivity contribution < 1.29 is 19.4 Å². The molecule has 1 aliphatic rings. The maximum Gasteiger partial charge on any atom is 0.337 e. The lowest BCUT2D eigenvalue weighted by molar-refractivity contribution is 0.0698. The van der Waals surface area contributed by atoms with E-state index in [4.69, 9.17) is 4.74 Å². The van der Waals surface area contributed by atoms with Gasteiger partial charge in [0.25, 0.3) is 5.91 Å². The minimum atomic E-state index is -1.08. The van der Waals surface area contributed by atoms with E-state index in [1.807, 2.05) is 12.1 Å². The number of carboxylic acid groups (broad SMARTS) is 1. The number of anilines is 2. The Kier molecular flexibility index (Phi) is 6.40. The summed E-state index contributed by atoms with van der Waals surface area (Å²) >= 11 is 0. The minimum Gasteiger partial charge on any atom is -0.496 e. The number of carbonyl (C=O) groups is 2. The number of hydrogen-bond acceptors (Lipinski definition) is 4. The van der Waals surface area contributed by atoms with Crippen molar-refractivity contribution in [3.63, 3.8) is 0 Å². The van der Waals surface area contributed by atoms with E-state index in [0.717, 1.165) is 31.6 Å². The Bertz CT molecular complexity index is 1110. The molecule has 0 aromatic heterocycles. The predicted molar refractivity (Wildman–Crippen MR) is 125 cm³/mol. The number of ether oxygens (including phenoxy) is 1. The van der Waals surface area contributed by atoms with Crippen molar-refractivity contribution in [1.82, 2.24) is 0 Å². The zero-order chi connectivity index (χ0) is 22.5. The van der Waals surface area contributed by atoms with Crippen LogP contribution in [-0.4, -0.2) is 37.2 Å². The summed E-state index contributed by atoms with van der Waals surface area (Å²) in [5, 5.41) is 12.5. The van der Waals surface area contributed by atoms with E-state index < -0.39 is 11.9 Å². The lowest BCUT2D eigenvalue weighted by Crippen LogP contribution is -2.33. The number of rotatable bonds is 6. The standard InChI is InChI=1S/C26H26N2O4/c1-32-24-10-6-5-9-21(24)25(29)27-23-12-11-20(17-22(23)26(30)31)28-15-13-19(14-16-28)18-7-3-2-4-8-18/h2-12,17,19H,13-16H2,1H3,(H,27,29)(H,30,31). The van der Waals surface area contributed by atoms with Crippen molar-refractivity contribution in [2.75, 3.05) is 30.4 Å². The van der Waals surface area contributed by atoms with Crippen LogP contribution in [0.1, 0.15) is 45.0 Å². The summed E-state index contributed by atoms with van der Waals surface area (Å²) in [5.74, 6) is -0.548. The third kappa shape index (κ3) is 4.59. The topological polar surface area (TPSA) is 78.9 Å². The lowest BCUT2D eigenvalue weighted by Gasteiger charge is -2.34. The van der Waals surface area contributed by atoms with Gasteiger partial charge in [-0.1, -0.05) is 42.5 Å². The van der Waals surface area contributed by atoms with Crippen molar-refractivity contribution in [3.8, 4) is 5.75 Å². The van der Waals surface area contributed by atoms with Crippen molar-refractivity contribution in [2.24, 2.45) is 0 Å². The number of hydrogen-bond donors (Lipinski definition) is 2. The van der Waals surface area contributed by atoms with Crippen LogP contribution in [0.15, 0.2) is 72.8 Å². The second-order valence-electron chi connectivity index (χ2n) is 7.86. The monoisotopic (exact) mass is 430 g/mol. The van der Waals surface area contributed by atoms with E-state index in [1.165, 1.54) is 12.7 Å². The minimum absolute atomic E-state index is 0.0657. The first-order valence-electron chi connectivity index (χ1n) is 10.7. The maximum atomic E-state index is 12.7. The summed E-state index contributed by atoms with van der Waals surface area (Å²) in [6, 6.07) is 22.5. The Labute approximate surface area is 187 Å². The van der Waals surface area contributed by atoms with E-state index in [9.17, 15) is 14.7 Å². The van der Waals surface area contributed by atoms with Gasteiger partial charge in [-0.25, -0.2) is 4.79 Å². The van der Waals surface area contributed by atoms with Crippen LogP contribution in [0.2, 0.25) is 0 Å². The molecule has 3 aromatic carbocycles. The molecule has 1 aliphatic heterocycles. The van der Waals surface area contributed by atoms with Gasteiger partial charge in [0, 0.05) is 18.8 Å². The number of aromatic carboxylic acids is 1. The molecular formula is C26H26N2O4. The molecule has 0 radical (unpaired) electrons. The highest BCUT2D eigenvalue weighted by molar-refractivity contribution is 6.09. The largest absolute Gasteiger partial charge is 0.496 e. The molecule has 32 heavy (non-hydrogen) atoms. The van der Waals surface area contributed by atoms with E-state index in [0.29, 0.717) is 17.2 Å². The van der Waals surface area contributed by atoms with Gasteiger partial charge in [-0.15, -0.1) is 0 Å². The Morgan fingerprint density at radius 2 is 1.62 bits per heavy atom. The third-order valence-corrected chi connectivity index (χ3v) is 5.96. The van der Waals surface area contributed by atoms with Gasteiger partial charge in [0.2, 0.25) is 0 Å². The fourth-order valence-corrected chi connectivity index (χ4v) is 4.23. The molecule has 0 spiro atoms. The molecule has 164 valence electrons. The van der Waals surface area contributed by atoms with E-state index in [2.05, 4.69) is 34.5 Å². The summed E-state index contributed by atoms with van der Waals surface area (Å²) in [6.07, 6.45) is 2.03. The molecule has 4 rings (SSSR count). The SMILES string of the molecule is COc1ccccc1C(=O)Nc1ccc(N2CCC(c3ccccc3)CC2)cc1C(=O)O. The highest BCUT2D eigenvalue weighted by atomic mass is 16.5.